The third kappa shape index (κ3) is 3.34. The molecule has 1 aliphatic heterocycles. The quantitative estimate of drug-likeness (QED) is 0.927. The van der Waals surface area contributed by atoms with Crippen molar-refractivity contribution in [2.24, 2.45) is 5.92 Å². The lowest BCUT2D eigenvalue weighted by Gasteiger charge is -2.31. The van der Waals surface area contributed by atoms with Gasteiger partial charge in [0, 0.05) is 37.5 Å². The molecule has 0 aliphatic carbocycles. The molecule has 0 bridgehead atoms. The highest BCUT2D eigenvalue weighted by molar-refractivity contribution is 7.15. The topological polar surface area (TPSA) is 81.1 Å². The Morgan fingerprint density at radius 1 is 1.55 bits per heavy atom. The van der Waals surface area contributed by atoms with E-state index in [4.69, 9.17) is 10.3 Å². The summed E-state index contributed by atoms with van der Waals surface area (Å²) < 4.78 is 5.04. The number of thiazole rings is 1. The summed E-state index contributed by atoms with van der Waals surface area (Å²) in [6.45, 7) is 4.99. The molecule has 1 aliphatic rings. The number of rotatable bonds is 4. The van der Waals surface area contributed by atoms with Gasteiger partial charge in [0.1, 0.15) is 0 Å². The molecule has 2 aromatic rings. The van der Waals surface area contributed by atoms with Crippen LogP contribution in [0.4, 0.5) is 5.13 Å². The summed E-state index contributed by atoms with van der Waals surface area (Å²) in [7, 11) is 0. The van der Waals surface area contributed by atoms with Gasteiger partial charge in [-0.1, -0.05) is 5.16 Å². The second-order valence-electron chi connectivity index (χ2n) is 5.34. The van der Waals surface area contributed by atoms with Gasteiger partial charge in [-0.3, -0.25) is 4.90 Å². The Balaban J connectivity index is 1.56. The standard InChI is InChI=1S/C13H19N5OS/c1-9-16-12(17-19-9)5-10-3-2-4-18(7-10)8-11-6-15-13(14)20-11/h6,10H,2-5,7-8H2,1H3,(H2,14,15). The van der Waals surface area contributed by atoms with Gasteiger partial charge in [-0.25, -0.2) is 4.98 Å². The molecule has 3 rings (SSSR count). The van der Waals surface area contributed by atoms with Crippen molar-refractivity contribution in [2.75, 3.05) is 18.8 Å². The zero-order valence-electron chi connectivity index (χ0n) is 11.6. The van der Waals surface area contributed by atoms with E-state index in [9.17, 15) is 0 Å². The van der Waals surface area contributed by atoms with Crippen LogP contribution in [0.15, 0.2) is 10.7 Å². The molecule has 0 spiro atoms. The molecule has 0 saturated carbocycles. The summed E-state index contributed by atoms with van der Waals surface area (Å²) in [6, 6.07) is 0. The maximum absolute atomic E-state index is 5.68. The fourth-order valence-corrected chi connectivity index (χ4v) is 3.49. The lowest BCUT2D eigenvalue weighted by Crippen LogP contribution is -2.35. The average molecular weight is 293 g/mol. The number of aryl methyl sites for hydroxylation is 1. The third-order valence-electron chi connectivity index (χ3n) is 3.59. The van der Waals surface area contributed by atoms with Gasteiger partial charge in [0.05, 0.1) is 0 Å². The first-order valence-electron chi connectivity index (χ1n) is 6.91. The number of likely N-dealkylation sites (tertiary alicyclic amines) is 1. The first-order chi connectivity index (χ1) is 9.69. The molecule has 1 atom stereocenters. The molecule has 2 aromatic heterocycles. The van der Waals surface area contributed by atoms with Crippen LogP contribution in [0.5, 0.6) is 0 Å². The predicted molar refractivity (Wildman–Crippen MR) is 77.3 cm³/mol. The first kappa shape index (κ1) is 13.5. The number of nitrogens with zero attached hydrogens (tertiary/aromatic N) is 4. The second-order valence-corrected chi connectivity index (χ2v) is 6.49. The van der Waals surface area contributed by atoms with E-state index in [-0.39, 0.29) is 0 Å². The molecular weight excluding hydrogens is 274 g/mol. The van der Waals surface area contributed by atoms with Crippen molar-refractivity contribution in [3.8, 4) is 0 Å². The smallest absolute Gasteiger partial charge is 0.223 e. The largest absolute Gasteiger partial charge is 0.375 e. The molecule has 1 unspecified atom stereocenters. The monoisotopic (exact) mass is 293 g/mol. The van der Waals surface area contributed by atoms with E-state index in [1.165, 1.54) is 17.7 Å². The summed E-state index contributed by atoms with van der Waals surface area (Å²) >= 11 is 1.58. The first-order valence-corrected chi connectivity index (χ1v) is 7.72. The molecule has 20 heavy (non-hydrogen) atoms. The average Bonchev–Trinajstić information content (AvgIpc) is 2.99. The minimum atomic E-state index is 0.603. The van der Waals surface area contributed by atoms with E-state index in [1.54, 1.807) is 11.3 Å². The Morgan fingerprint density at radius 2 is 2.45 bits per heavy atom. The van der Waals surface area contributed by atoms with Gasteiger partial charge in [0.2, 0.25) is 5.89 Å². The Kier molecular flexibility index (Phi) is 3.98. The van der Waals surface area contributed by atoms with Gasteiger partial charge < -0.3 is 10.3 Å². The number of nitrogen functional groups attached to an aromatic ring is 1. The number of nitrogens with two attached hydrogens (primary N) is 1. The minimum absolute atomic E-state index is 0.603. The molecule has 1 saturated heterocycles. The number of piperidine rings is 1. The molecule has 0 radical (unpaired) electrons. The fraction of sp³-hybridized carbons (Fsp3) is 0.615. The number of hydrogen-bond acceptors (Lipinski definition) is 7. The van der Waals surface area contributed by atoms with Gasteiger partial charge >= 0.3 is 0 Å². The fourth-order valence-electron chi connectivity index (χ4n) is 2.76. The molecular formula is C13H19N5OS. The maximum atomic E-state index is 5.68. The van der Waals surface area contributed by atoms with E-state index < -0.39 is 0 Å². The van der Waals surface area contributed by atoms with Gasteiger partial charge in [-0.2, -0.15) is 4.98 Å². The van der Waals surface area contributed by atoms with Crippen molar-refractivity contribution < 1.29 is 4.52 Å². The lowest BCUT2D eigenvalue weighted by atomic mass is 9.94. The zero-order chi connectivity index (χ0) is 13.9. The Bertz CT molecular complexity index is 518. The second kappa shape index (κ2) is 5.88. The predicted octanol–water partition coefficient (Wildman–Crippen LogP) is 1.87. The Labute approximate surface area is 122 Å². The van der Waals surface area contributed by atoms with Crippen molar-refractivity contribution in [2.45, 2.75) is 32.7 Å². The molecule has 1 fully saturated rings. The van der Waals surface area contributed by atoms with Crippen LogP contribution in [0.2, 0.25) is 0 Å². The van der Waals surface area contributed by atoms with Crippen molar-refractivity contribution in [3.63, 3.8) is 0 Å². The molecule has 3 heterocycles. The van der Waals surface area contributed by atoms with E-state index >= 15 is 0 Å². The normalized spacial score (nSPS) is 20.4. The highest BCUT2D eigenvalue weighted by Gasteiger charge is 2.22. The Morgan fingerprint density at radius 3 is 3.15 bits per heavy atom. The highest BCUT2D eigenvalue weighted by atomic mass is 32.1. The summed E-state index contributed by atoms with van der Waals surface area (Å²) in [5.74, 6) is 2.08. The van der Waals surface area contributed by atoms with Gasteiger partial charge in [0.15, 0.2) is 11.0 Å². The molecule has 7 heteroatoms. The van der Waals surface area contributed by atoms with Crippen LogP contribution in [-0.4, -0.2) is 33.1 Å². The van der Waals surface area contributed by atoms with Crippen LogP contribution >= 0.6 is 11.3 Å². The number of aromatic nitrogens is 3. The van der Waals surface area contributed by atoms with E-state index in [1.807, 2.05) is 13.1 Å². The molecule has 0 amide bonds. The van der Waals surface area contributed by atoms with Crippen LogP contribution in [-0.2, 0) is 13.0 Å². The summed E-state index contributed by atoms with van der Waals surface area (Å²) in [4.78, 5) is 12.1. The van der Waals surface area contributed by atoms with Gasteiger partial charge in [0.25, 0.3) is 0 Å². The molecule has 2 N–H and O–H groups in total. The minimum Gasteiger partial charge on any atom is -0.375 e. The summed E-state index contributed by atoms with van der Waals surface area (Å²) in [5, 5.41) is 4.64. The molecule has 0 aromatic carbocycles. The van der Waals surface area contributed by atoms with Gasteiger partial charge in [-0.15, -0.1) is 11.3 Å². The third-order valence-corrected chi connectivity index (χ3v) is 4.41. The van der Waals surface area contributed by atoms with Crippen molar-refractivity contribution >= 4 is 16.5 Å². The van der Waals surface area contributed by atoms with Crippen LogP contribution in [0.25, 0.3) is 0 Å². The van der Waals surface area contributed by atoms with Crippen LogP contribution in [0, 0.1) is 12.8 Å². The van der Waals surface area contributed by atoms with Crippen molar-refractivity contribution in [1.82, 2.24) is 20.0 Å². The maximum Gasteiger partial charge on any atom is 0.223 e. The number of anilines is 1. The summed E-state index contributed by atoms with van der Waals surface area (Å²) in [5.41, 5.74) is 5.68. The zero-order valence-corrected chi connectivity index (χ0v) is 12.4. The Hall–Kier alpha value is -1.47. The lowest BCUT2D eigenvalue weighted by molar-refractivity contribution is 0.166. The van der Waals surface area contributed by atoms with Crippen LogP contribution in [0.3, 0.4) is 0 Å². The van der Waals surface area contributed by atoms with Crippen molar-refractivity contribution in [3.05, 3.63) is 22.8 Å². The molecule has 108 valence electrons. The van der Waals surface area contributed by atoms with Crippen LogP contribution in [0.1, 0.15) is 29.4 Å². The molecule has 6 nitrogen and oxygen atoms in total. The highest BCUT2D eigenvalue weighted by Crippen LogP contribution is 2.23. The summed E-state index contributed by atoms with van der Waals surface area (Å²) in [6.07, 6.45) is 5.23. The van der Waals surface area contributed by atoms with E-state index in [0.29, 0.717) is 16.9 Å². The SMILES string of the molecule is Cc1nc(CC2CCCN(Cc3cnc(N)s3)C2)no1. The van der Waals surface area contributed by atoms with E-state index in [2.05, 4.69) is 20.0 Å². The number of hydrogen-bond donors (Lipinski definition) is 1. The van der Waals surface area contributed by atoms with Gasteiger partial charge in [-0.05, 0) is 25.3 Å². The van der Waals surface area contributed by atoms with Crippen molar-refractivity contribution in [1.29, 1.82) is 0 Å². The van der Waals surface area contributed by atoms with Crippen LogP contribution < -0.4 is 5.73 Å². The van der Waals surface area contributed by atoms with E-state index in [0.717, 1.165) is 31.9 Å².